The predicted molar refractivity (Wildman–Crippen MR) is 99.5 cm³/mol. The van der Waals surface area contributed by atoms with Crippen molar-refractivity contribution >= 4 is 5.91 Å². The molecule has 1 aliphatic heterocycles. The molecule has 1 atom stereocenters. The number of amides is 1. The molecule has 3 heterocycles. The summed E-state index contributed by atoms with van der Waals surface area (Å²) in [5.74, 6) is 1.90. The second kappa shape index (κ2) is 7.20. The van der Waals surface area contributed by atoms with Crippen LogP contribution in [0.2, 0.25) is 0 Å². The lowest BCUT2D eigenvalue weighted by Gasteiger charge is -2.23. The summed E-state index contributed by atoms with van der Waals surface area (Å²) in [6.45, 7) is 2.87. The van der Waals surface area contributed by atoms with Crippen LogP contribution in [0.4, 0.5) is 0 Å². The summed E-state index contributed by atoms with van der Waals surface area (Å²) in [6, 6.07) is 12.1. The fourth-order valence-corrected chi connectivity index (χ4v) is 3.64. The van der Waals surface area contributed by atoms with Gasteiger partial charge < -0.3 is 14.3 Å². The van der Waals surface area contributed by atoms with E-state index in [2.05, 4.69) is 35.1 Å². The van der Waals surface area contributed by atoms with E-state index in [0.717, 1.165) is 42.2 Å². The minimum atomic E-state index is 0.0395. The van der Waals surface area contributed by atoms with Crippen molar-refractivity contribution in [2.45, 2.75) is 38.6 Å². The van der Waals surface area contributed by atoms with E-state index in [-0.39, 0.29) is 11.9 Å². The second-order valence-corrected chi connectivity index (χ2v) is 6.88. The van der Waals surface area contributed by atoms with Gasteiger partial charge in [-0.2, -0.15) is 0 Å². The monoisotopic (exact) mass is 349 g/mol. The smallest absolute Gasteiger partial charge is 0.223 e. The number of likely N-dealkylation sites (tertiary alicyclic amines) is 1. The van der Waals surface area contributed by atoms with Crippen LogP contribution in [0.15, 0.2) is 53.3 Å². The Morgan fingerprint density at radius 1 is 1.35 bits per heavy atom. The SMILES string of the molecule is Cc1cccc(-c2cnc(C3CCCN3C(=O)CCc3ccco3)[nH]2)c1. The molecule has 0 spiro atoms. The Hall–Kier alpha value is -2.82. The molecule has 2 aromatic heterocycles. The fourth-order valence-electron chi connectivity index (χ4n) is 3.64. The van der Waals surface area contributed by atoms with Gasteiger partial charge in [0, 0.05) is 19.4 Å². The van der Waals surface area contributed by atoms with Crippen molar-refractivity contribution in [2.75, 3.05) is 6.54 Å². The molecule has 1 aliphatic rings. The number of rotatable bonds is 5. The van der Waals surface area contributed by atoms with Crippen molar-refractivity contribution in [3.05, 3.63) is 66.0 Å². The lowest BCUT2D eigenvalue weighted by atomic mass is 10.1. The third kappa shape index (κ3) is 3.43. The molecule has 1 aromatic carbocycles. The minimum Gasteiger partial charge on any atom is -0.469 e. The van der Waals surface area contributed by atoms with E-state index in [0.29, 0.717) is 12.8 Å². The van der Waals surface area contributed by atoms with Crippen molar-refractivity contribution in [3.8, 4) is 11.3 Å². The first-order valence-electron chi connectivity index (χ1n) is 9.14. The van der Waals surface area contributed by atoms with Gasteiger partial charge in [0.25, 0.3) is 0 Å². The molecule has 4 rings (SSSR count). The largest absolute Gasteiger partial charge is 0.469 e. The highest BCUT2D eigenvalue weighted by Gasteiger charge is 2.31. The first-order chi connectivity index (χ1) is 12.7. The molecule has 1 N–H and O–H groups in total. The number of H-pyrrole nitrogens is 1. The van der Waals surface area contributed by atoms with Gasteiger partial charge >= 0.3 is 0 Å². The number of benzene rings is 1. The molecule has 1 saturated heterocycles. The van der Waals surface area contributed by atoms with Crippen LogP contribution >= 0.6 is 0 Å². The van der Waals surface area contributed by atoms with Gasteiger partial charge in [0.05, 0.1) is 24.2 Å². The number of aromatic nitrogens is 2. The van der Waals surface area contributed by atoms with E-state index >= 15 is 0 Å². The number of imidazole rings is 1. The maximum absolute atomic E-state index is 12.7. The predicted octanol–water partition coefficient (Wildman–Crippen LogP) is 4.27. The van der Waals surface area contributed by atoms with Gasteiger partial charge in [-0.1, -0.05) is 23.8 Å². The molecule has 26 heavy (non-hydrogen) atoms. The maximum atomic E-state index is 12.7. The Labute approximate surface area is 153 Å². The van der Waals surface area contributed by atoms with Gasteiger partial charge in [0.2, 0.25) is 5.91 Å². The summed E-state index contributed by atoms with van der Waals surface area (Å²) in [5.41, 5.74) is 3.34. The zero-order valence-corrected chi connectivity index (χ0v) is 14.9. The first kappa shape index (κ1) is 16.6. The van der Waals surface area contributed by atoms with Crippen molar-refractivity contribution in [1.82, 2.24) is 14.9 Å². The van der Waals surface area contributed by atoms with E-state index in [1.54, 1.807) is 6.26 Å². The zero-order valence-electron chi connectivity index (χ0n) is 14.9. The molecule has 1 unspecified atom stereocenters. The molecule has 0 radical (unpaired) electrons. The molecule has 134 valence electrons. The number of furan rings is 1. The number of aromatic amines is 1. The van der Waals surface area contributed by atoms with Gasteiger partial charge in [0.15, 0.2) is 0 Å². The topological polar surface area (TPSA) is 62.1 Å². The van der Waals surface area contributed by atoms with Gasteiger partial charge in [-0.05, 0) is 43.5 Å². The van der Waals surface area contributed by atoms with Crippen LogP contribution in [0.3, 0.4) is 0 Å². The molecular formula is C21H23N3O2. The quantitative estimate of drug-likeness (QED) is 0.748. The van der Waals surface area contributed by atoms with E-state index in [1.165, 1.54) is 5.56 Å². The number of nitrogens with one attached hydrogen (secondary N) is 1. The Bertz CT molecular complexity index is 882. The Morgan fingerprint density at radius 2 is 2.27 bits per heavy atom. The maximum Gasteiger partial charge on any atom is 0.223 e. The summed E-state index contributed by atoms with van der Waals surface area (Å²) in [7, 11) is 0. The van der Waals surface area contributed by atoms with Crippen LogP contribution < -0.4 is 0 Å². The third-order valence-electron chi connectivity index (χ3n) is 4.98. The van der Waals surface area contributed by atoms with Crippen LogP contribution in [0, 0.1) is 6.92 Å². The lowest BCUT2D eigenvalue weighted by Crippen LogP contribution is -2.31. The molecular weight excluding hydrogens is 326 g/mol. The van der Waals surface area contributed by atoms with Gasteiger partial charge in [0.1, 0.15) is 11.6 Å². The normalized spacial score (nSPS) is 17.0. The standard InChI is InChI=1S/C21H23N3O2/c1-15-5-2-6-16(13-15)18-14-22-21(23-18)19-8-3-11-24(19)20(25)10-9-17-7-4-12-26-17/h2,4-7,12-14,19H,3,8-11H2,1H3,(H,22,23). The third-order valence-corrected chi connectivity index (χ3v) is 4.98. The van der Waals surface area contributed by atoms with Crippen molar-refractivity contribution < 1.29 is 9.21 Å². The first-order valence-corrected chi connectivity index (χ1v) is 9.14. The molecule has 1 amide bonds. The van der Waals surface area contributed by atoms with Crippen LogP contribution in [0.5, 0.6) is 0 Å². The average Bonchev–Trinajstić information content (AvgIpc) is 3.40. The van der Waals surface area contributed by atoms with Gasteiger partial charge in [-0.15, -0.1) is 0 Å². The molecule has 0 aliphatic carbocycles. The van der Waals surface area contributed by atoms with Crippen molar-refractivity contribution in [3.63, 3.8) is 0 Å². The van der Waals surface area contributed by atoms with E-state index in [9.17, 15) is 4.79 Å². The Kier molecular flexibility index (Phi) is 4.61. The summed E-state index contributed by atoms with van der Waals surface area (Å²) < 4.78 is 5.33. The summed E-state index contributed by atoms with van der Waals surface area (Å²) in [4.78, 5) is 22.7. The van der Waals surface area contributed by atoms with Crippen molar-refractivity contribution in [2.24, 2.45) is 0 Å². The molecule has 0 bridgehead atoms. The number of carbonyl (C=O) groups excluding carboxylic acids is 1. The van der Waals surface area contributed by atoms with Crippen LogP contribution in [-0.2, 0) is 11.2 Å². The molecule has 3 aromatic rings. The Balaban J connectivity index is 1.47. The minimum absolute atomic E-state index is 0.0395. The van der Waals surface area contributed by atoms with E-state index in [4.69, 9.17) is 4.42 Å². The number of aryl methyl sites for hydroxylation is 2. The van der Waals surface area contributed by atoms with Crippen LogP contribution in [0.25, 0.3) is 11.3 Å². The highest BCUT2D eigenvalue weighted by Crippen LogP contribution is 2.32. The molecule has 5 nitrogen and oxygen atoms in total. The summed E-state index contributed by atoms with van der Waals surface area (Å²) in [5, 5.41) is 0. The van der Waals surface area contributed by atoms with Gasteiger partial charge in [-0.25, -0.2) is 4.98 Å². The highest BCUT2D eigenvalue weighted by atomic mass is 16.3. The van der Waals surface area contributed by atoms with Crippen LogP contribution in [-0.4, -0.2) is 27.3 Å². The van der Waals surface area contributed by atoms with Crippen molar-refractivity contribution in [1.29, 1.82) is 0 Å². The van der Waals surface area contributed by atoms with Gasteiger partial charge in [-0.3, -0.25) is 4.79 Å². The molecule has 0 saturated carbocycles. The van der Waals surface area contributed by atoms with E-state index in [1.807, 2.05) is 29.3 Å². The number of hydrogen-bond acceptors (Lipinski definition) is 3. The van der Waals surface area contributed by atoms with E-state index < -0.39 is 0 Å². The fraction of sp³-hybridized carbons (Fsp3) is 0.333. The average molecular weight is 349 g/mol. The number of nitrogens with zero attached hydrogens (tertiary/aromatic N) is 2. The van der Waals surface area contributed by atoms with Crippen LogP contribution in [0.1, 0.15) is 42.5 Å². The summed E-state index contributed by atoms with van der Waals surface area (Å²) in [6.07, 6.45) is 6.59. The molecule has 1 fully saturated rings. The number of carbonyl (C=O) groups is 1. The highest BCUT2D eigenvalue weighted by molar-refractivity contribution is 5.77. The second-order valence-electron chi connectivity index (χ2n) is 6.88. The Morgan fingerprint density at radius 3 is 3.08 bits per heavy atom. The lowest BCUT2D eigenvalue weighted by molar-refractivity contribution is -0.132. The summed E-state index contributed by atoms with van der Waals surface area (Å²) >= 11 is 0. The zero-order chi connectivity index (χ0) is 17.9. The number of hydrogen-bond donors (Lipinski definition) is 1. The molecule has 5 heteroatoms.